The molecule has 118 valence electrons. The van der Waals surface area contributed by atoms with Crippen LogP contribution in [0.25, 0.3) is 0 Å². The minimum Gasteiger partial charge on any atom is -0.508 e. The summed E-state index contributed by atoms with van der Waals surface area (Å²) in [5.41, 5.74) is 2.20. The van der Waals surface area contributed by atoms with E-state index in [4.69, 9.17) is 9.47 Å². The zero-order chi connectivity index (χ0) is 16.2. The maximum atomic E-state index is 9.43. The van der Waals surface area contributed by atoms with Gasteiger partial charge in [-0.2, -0.15) is 0 Å². The Balaban J connectivity index is 2.16. The predicted molar refractivity (Wildman–Crippen MR) is 88.4 cm³/mol. The molecule has 0 bridgehead atoms. The maximum Gasteiger partial charge on any atom is 0.196 e. The lowest BCUT2D eigenvalue weighted by atomic mass is 9.78. The molecule has 2 aromatic rings. The molecule has 0 spiro atoms. The van der Waals surface area contributed by atoms with E-state index < -0.39 is 0 Å². The first-order valence-electron chi connectivity index (χ1n) is 7.62. The van der Waals surface area contributed by atoms with Crippen molar-refractivity contribution in [2.75, 3.05) is 6.61 Å². The highest BCUT2D eigenvalue weighted by atomic mass is 16.7. The van der Waals surface area contributed by atoms with Crippen LogP contribution in [0.3, 0.4) is 0 Å². The van der Waals surface area contributed by atoms with E-state index in [0.29, 0.717) is 6.61 Å². The summed E-state index contributed by atoms with van der Waals surface area (Å²) in [5, 5.41) is 9.43. The van der Waals surface area contributed by atoms with Gasteiger partial charge in [-0.05, 0) is 49.2 Å². The average Bonchev–Trinajstić information content (AvgIpc) is 2.48. The van der Waals surface area contributed by atoms with Gasteiger partial charge < -0.3 is 14.6 Å². The summed E-state index contributed by atoms with van der Waals surface area (Å²) in [7, 11) is 0. The Labute approximate surface area is 132 Å². The first-order chi connectivity index (χ1) is 10.4. The summed E-state index contributed by atoms with van der Waals surface area (Å²) in [4.78, 5) is 0. The topological polar surface area (TPSA) is 38.7 Å². The van der Waals surface area contributed by atoms with Gasteiger partial charge in [0.15, 0.2) is 6.29 Å². The molecule has 3 heteroatoms. The SMILES string of the molecule is CCOC(C)Oc1ccc(C(C)(C)c2ccc(O)cc2)cc1. The van der Waals surface area contributed by atoms with Gasteiger partial charge in [0.1, 0.15) is 11.5 Å². The number of rotatable bonds is 6. The standard InChI is InChI=1S/C19H24O3/c1-5-21-14(2)22-18-12-8-16(9-13-18)19(3,4)15-6-10-17(20)11-7-15/h6-14,20H,5H2,1-4H3. The van der Waals surface area contributed by atoms with E-state index in [1.54, 1.807) is 12.1 Å². The molecule has 0 amide bonds. The lowest BCUT2D eigenvalue weighted by Crippen LogP contribution is -2.19. The van der Waals surface area contributed by atoms with E-state index in [2.05, 4.69) is 26.0 Å². The van der Waals surface area contributed by atoms with Crippen molar-refractivity contribution in [2.24, 2.45) is 0 Å². The summed E-state index contributed by atoms with van der Waals surface area (Å²) in [5.74, 6) is 1.08. The van der Waals surface area contributed by atoms with Crippen molar-refractivity contribution in [2.45, 2.75) is 39.4 Å². The van der Waals surface area contributed by atoms with E-state index in [1.165, 1.54) is 5.56 Å². The molecule has 0 aliphatic heterocycles. The highest BCUT2D eigenvalue weighted by molar-refractivity contribution is 5.41. The third-order valence-corrected chi connectivity index (χ3v) is 3.87. The van der Waals surface area contributed by atoms with Gasteiger partial charge in [-0.3, -0.25) is 0 Å². The van der Waals surface area contributed by atoms with Crippen LogP contribution in [-0.2, 0) is 10.2 Å². The summed E-state index contributed by atoms with van der Waals surface area (Å²) in [6.45, 7) is 8.80. The molecule has 1 N–H and O–H groups in total. The molecule has 0 aromatic heterocycles. The lowest BCUT2D eigenvalue weighted by molar-refractivity contribution is -0.0613. The Morgan fingerprint density at radius 1 is 0.955 bits per heavy atom. The van der Waals surface area contributed by atoms with Crippen LogP contribution >= 0.6 is 0 Å². The van der Waals surface area contributed by atoms with Gasteiger partial charge in [-0.15, -0.1) is 0 Å². The smallest absolute Gasteiger partial charge is 0.196 e. The second-order valence-corrected chi connectivity index (χ2v) is 5.84. The Morgan fingerprint density at radius 3 is 1.95 bits per heavy atom. The van der Waals surface area contributed by atoms with E-state index in [-0.39, 0.29) is 17.5 Å². The van der Waals surface area contributed by atoms with Crippen LogP contribution < -0.4 is 4.74 Å². The van der Waals surface area contributed by atoms with Crippen molar-refractivity contribution in [1.82, 2.24) is 0 Å². The van der Waals surface area contributed by atoms with E-state index >= 15 is 0 Å². The molecule has 3 nitrogen and oxygen atoms in total. The van der Waals surface area contributed by atoms with E-state index in [0.717, 1.165) is 11.3 Å². The molecule has 1 atom stereocenters. The number of ether oxygens (including phenoxy) is 2. The van der Waals surface area contributed by atoms with Crippen molar-refractivity contribution < 1.29 is 14.6 Å². The molecule has 0 aliphatic rings. The molecule has 2 aromatic carbocycles. The third kappa shape index (κ3) is 3.80. The summed E-state index contributed by atoms with van der Waals surface area (Å²) < 4.78 is 11.1. The molecule has 1 unspecified atom stereocenters. The van der Waals surface area contributed by atoms with Crippen molar-refractivity contribution in [3.05, 3.63) is 59.7 Å². The minimum absolute atomic E-state index is 0.141. The maximum absolute atomic E-state index is 9.43. The molecule has 0 saturated heterocycles. The molecule has 0 heterocycles. The first kappa shape index (κ1) is 16.4. The average molecular weight is 300 g/mol. The van der Waals surface area contributed by atoms with Crippen LogP contribution in [0, 0.1) is 0 Å². The van der Waals surface area contributed by atoms with Gasteiger partial charge in [0.05, 0.1) is 0 Å². The second kappa shape index (κ2) is 6.84. The molecule has 0 saturated carbocycles. The molecular weight excluding hydrogens is 276 g/mol. The zero-order valence-corrected chi connectivity index (χ0v) is 13.7. The Morgan fingerprint density at radius 2 is 1.45 bits per heavy atom. The molecule has 0 aliphatic carbocycles. The van der Waals surface area contributed by atoms with Crippen molar-refractivity contribution in [3.8, 4) is 11.5 Å². The quantitative estimate of drug-likeness (QED) is 0.799. The van der Waals surface area contributed by atoms with Crippen LogP contribution in [0.5, 0.6) is 11.5 Å². The fourth-order valence-corrected chi connectivity index (χ4v) is 2.46. The number of hydrogen-bond acceptors (Lipinski definition) is 3. The van der Waals surface area contributed by atoms with Crippen molar-refractivity contribution in [3.63, 3.8) is 0 Å². The Hall–Kier alpha value is -2.00. The third-order valence-electron chi connectivity index (χ3n) is 3.87. The molecule has 0 fully saturated rings. The minimum atomic E-state index is -0.249. The molecule has 0 radical (unpaired) electrons. The molecule has 22 heavy (non-hydrogen) atoms. The second-order valence-electron chi connectivity index (χ2n) is 5.84. The van der Waals surface area contributed by atoms with Gasteiger partial charge in [-0.25, -0.2) is 0 Å². The largest absolute Gasteiger partial charge is 0.508 e. The van der Waals surface area contributed by atoms with Gasteiger partial charge in [0, 0.05) is 12.0 Å². The monoisotopic (exact) mass is 300 g/mol. The molecule has 2 rings (SSSR count). The summed E-state index contributed by atoms with van der Waals surface area (Å²) in [6.07, 6.45) is -0.249. The number of phenolic OH excluding ortho intramolecular Hbond substituents is 1. The summed E-state index contributed by atoms with van der Waals surface area (Å²) >= 11 is 0. The predicted octanol–water partition coefficient (Wildman–Crippen LogP) is 4.48. The van der Waals surface area contributed by atoms with E-state index in [9.17, 15) is 5.11 Å². The zero-order valence-electron chi connectivity index (χ0n) is 13.7. The fraction of sp³-hybridized carbons (Fsp3) is 0.368. The van der Waals surface area contributed by atoms with Gasteiger partial charge in [0.2, 0.25) is 0 Å². The van der Waals surface area contributed by atoms with Crippen LogP contribution in [0.2, 0.25) is 0 Å². The number of benzene rings is 2. The van der Waals surface area contributed by atoms with Crippen LogP contribution in [0.4, 0.5) is 0 Å². The van der Waals surface area contributed by atoms with Gasteiger partial charge in [-0.1, -0.05) is 38.1 Å². The number of aromatic hydroxyl groups is 1. The fourth-order valence-electron chi connectivity index (χ4n) is 2.46. The number of hydrogen-bond donors (Lipinski definition) is 1. The highest BCUT2D eigenvalue weighted by Crippen LogP contribution is 2.33. The van der Waals surface area contributed by atoms with Crippen LogP contribution in [-0.4, -0.2) is 18.0 Å². The Bertz CT molecular complexity index is 585. The van der Waals surface area contributed by atoms with Crippen molar-refractivity contribution in [1.29, 1.82) is 0 Å². The molecular formula is C19H24O3. The van der Waals surface area contributed by atoms with Crippen LogP contribution in [0.1, 0.15) is 38.8 Å². The van der Waals surface area contributed by atoms with E-state index in [1.807, 2.05) is 38.1 Å². The Kier molecular flexibility index (Phi) is 5.09. The van der Waals surface area contributed by atoms with Crippen LogP contribution in [0.15, 0.2) is 48.5 Å². The van der Waals surface area contributed by atoms with Crippen molar-refractivity contribution >= 4 is 0 Å². The number of phenols is 1. The first-order valence-corrected chi connectivity index (χ1v) is 7.62. The normalized spacial score (nSPS) is 12.9. The highest BCUT2D eigenvalue weighted by Gasteiger charge is 2.23. The lowest BCUT2D eigenvalue weighted by Gasteiger charge is -2.26. The van der Waals surface area contributed by atoms with Gasteiger partial charge >= 0.3 is 0 Å². The van der Waals surface area contributed by atoms with Gasteiger partial charge in [0.25, 0.3) is 0 Å². The summed E-state index contributed by atoms with van der Waals surface area (Å²) in [6, 6.07) is 15.4.